The number of H-pyrrole nitrogens is 1. The van der Waals surface area contributed by atoms with Crippen LogP contribution in [0.2, 0.25) is 0 Å². The molecule has 1 fully saturated rings. The van der Waals surface area contributed by atoms with Gasteiger partial charge in [-0.2, -0.15) is 15.1 Å². The monoisotopic (exact) mass is 490 g/mol. The molecule has 14 heteroatoms. The maximum atomic E-state index is 12.2. The van der Waals surface area contributed by atoms with Crippen molar-refractivity contribution in [2.45, 2.75) is 17.9 Å². The van der Waals surface area contributed by atoms with Gasteiger partial charge in [0, 0.05) is 43.7 Å². The molecule has 182 valence electrons. The fraction of sp³-hybridized carbons (Fsp3) is 0.400. The van der Waals surface area contributed by atoms with Gasteiger partial charge in [0.2, 0.25) is 11.9 Å². The smallest absolute Gasteiger partial charge is 0.243 e. The maximum Gasteiger partial charge on any atom is 0.243 e. The van der Waals surface area contributed by atoms with Crippen LogP contribution in [0.3, 0.4) is 0 Å². The number of ether oxygens (including phenoxy) is 1. The summed E-state index contributed by atoms with van der Waals surface area (Å²) in [5, 5.41) is 21.5. The van der Waals surface area contributed by atoms with E-state index in [9.17, 15) is 13.2 Å². The van der Waals surface area contributed by atoms with Gasteiger partial charge in [0.1, 0.15) is 11.2 Å². The number of rotatable bonds is 9. The van der Waals surface area contributed by atoms with Gasteiger partial charge < -0.3 is 20.3 Å². The number of aromatic amines is 1. The number of benzene rings is 1. The normalized spacial score (nSPS) is 14.2. The lowest BCUT2D eigenvalue weighted by molar-refractivity contribution is -0.129. The van der Waals surface area contributed by atoms with Gasteiger partial charge in [-0.25, -0.2) is 13.9 Å². The van der Waals surface area contributed by atoms with E-state index in [-0.39, 0.29) is 34.2 Å². The quantitative estimate of drug-likeness (QED) is 0.165. The first-order valence-electron chi connectivity index (χ1n) is 10.7. The third-order valence-electron chi connectivity index (χ3n) is 5.25. The predicted octanol–water partition coefficient (Wildman–Crippen LogP) is 1.03. The van der Waals surface area contributed by atoms with Crippen LogP contribution in [0.25, 0.3) is 11.0 Å². The Balaban J connectivity index is 1.57. The molecule has 0 atom stereocenters. The Bertz CT molecular complexity index is 1260. The van der Waals surface area contributed by atoms with Crippen LogP contribution in [0, 0.1) is 0 Å². The lowest BCUT2D eigenvalue weighted by Crippen LogP contribution is -2.36. The maximum absolute atomic E-state index is 12.2. The van der Waals surface area contributed by atoms with Crippen molar-refractivity contribution >= 4 is 49.9 Å². The van der Waals surface area contributed by atoms with E-state index < -0.39 is 15.7 Å². The van der Waals surface area contributed by atoms with Crippen molar-refractivity contribution in [3.05, 3.63) is 24.3 Å². The van der Waals surface area contributed by atoms with Crippen LogP contribution < -0.4 is 21.0 Å². The number of fused-ring (bicyclic) bond motifs is 1. The van der Waals surface area contributed by atoms with Crippen LogP contribution in [0.1, 0.15) is 12.8 Å². The number of carbonyl (C=O) groups is 1. The summed E-state index contributed by atoms with van der Waals surface area (Å²) >= 11 is 0. The van der Waals surface area contributed by atoms with E-state index in [2.05, 4.69) is 35.7 Å². The highest BCUT2D eigenvalue weighted by molar-refractivity contribution is 7.90. The Morgan fingerprint density at radius 1 is 1.21 bits per heavy atom. The van der Waals surface area contributed by atoms with E-state index >= 15 is 0 Å². The highest BCUT2D eigenvalue weighted by atomic mass is 32.2. The van der Waals surface area contributed by atoms with Crippen molar-refractivity contribution in [1.29, 1.82) is 0 Å². The summed E-state index contributed by atoms with van der Waals surface area (Å²) in [4.78, 5) is 22.3. The summed E-state index contributed by atoms with van der Waals surface area (Å²) in [5.74, 6) is -0.0255. The first-order valence-corrected chi connectivity index (χ1v) is 12.6. The number of nitrogens with one attached hydrogen (secondary N) is 4. The molecule has 3 aromatic rings. The van der Waals surface area contributed by atoms with Gasteiger partial charge in [-0.1, -0.05) is 0 Å². The highest BCUT2D eigenvalue weighted by Gasteiger charge is 2.22. The molecule has 0 aliphatic carbocycles. The standard InChI is InChI=1S/C20H26N8O5S/c1-34(31,32)19-16-17(21-8-2-3-15(29)27-30)23-20(24-18(16)25-26-19)22-13-4-6-14(7-5-13)28-9-11-33-12-10-28/h4-7,30H,2-3,8-12H2,1H3,(H,27,29)(H3,21,22,23,24,25,26). The molecule has 5 N–H and O–H groups in total. The van der Waals surface area contributed by atoms with Gasteiger partial charge >= 0.3 is 0 Å². The van der Waals surface area contributed by atoms with Gasteiger partial charge in [-0.15, -0.1) is 0 Å². The summed E-state index contributed by atoms with van der Waals surface area (Å²) in [6, 6.07) is 7.80. The van der Waals surface area contributed by atoms with Gasteiger partial charge in [0.25, 0.3) is 0 Å². The van der Waals surface area contributed by atoms with Crippen molar-refractivity contribution in [2.75, 3.05) is 54.6 Å². The number of aromatic nitrogens is 4. The number of hydrogen-bond donors (Lipinski definition) is 5. The van der Waals surface area contributed by atoms with E-state index in [0.29, 0.717) is 26.2 Å². The third-order valence-corrected chi connectivity index (χ3v) is 6.29. The number of amides is 1. The summed E-state index contributed by atoms with van der Waals surface area (Å²) < 4.78 is 29.8. The Morgan fingerprint density at radius 2 is 1.94 bits per heavy atom. The first-order chi connectivity index (χ1) is 16.3. The molecule has 13 nitrogen and oxygen atoms in total. The van der Waals surface area contributed by atoms with Crippen LogP contribution in [-0.4, -0.2) is 78.8 Å². The summed E-state index contributed by atoms with van der Waals surface area (Å²) in [5.41, 5.74) is 3.59. The van der Waals surface area contributed by atoms with Crippen LogP contribution in [0.15, 0.2) is 29.3 Å². The molecule has 0 unspecified atom stereocenters. The zero-order valence-electron chi connectivity index (χ0n) is 18.5. The average molecular weight is 491 g/mol. The largest absolute Gasteiger partial charge is 0.378 e. The lowest BCUT2D eigenvalue weighted by atomic mass is 10.2. The Hall–Kier alpha value is -3.49. The third kappa shape index (κ3) is 5.52. The van der Waals surface area contributed by atoms with Crippen LogP contribution in [0.5, 0.6) is 0 Å². The van der Waals surface area contributed by atoms with E-state index in [0.717, 1.165) is 30.7 Å². The van der Waals surface area contributed by atoms with Crippen LogP contribution in [0.4, 0.5) is 23.1 Å². The molecule has 0 radical (unpaired) electrons. The van der Waals surface area contributed by atoms with Gasteiger partial charge in [-0.05, 0) is 30.7 Å². The molecule has 34 heavy (non-hydrogen) atoms. The zero-order valence-corrected chi connectivity index (χ0v) is 19.4. The van der Waals surface area contributed by atoms with Gasteiger partial charge in [0.05, 0.1) is 13.2 Å². The van der Waals surface area contributed by atoms with E-state index in [1.807, 2.05) is 24.3 Å². The highest BCUT2D eigenvalue weighted by Crippen LogP contribution is 2.28. The minimum absolute atomic E-state index is 0.0860. The van der Waals surface area contributed by atoms with Crippen molar-refractivity contribution in [2.24, 2.45) is 0 Å². The number of hydrogen-bond acceptors (Lipinski definition) is 11. The summed E-state index contributed by atoms with van der Waals surface area (Å²) in [6.45, 7) is 3.38. The zero-order chi connectivity index (χ0) is 24.1. The van der Waals surface area contributed by atoms with E-state index in [1.54, 1.807) is 5.48 Å². The fourth-order valence-electron chi connectivity index (χ4n) is 3.57. The molecule has 3 heterocycles. The second kappa shape index (κ2) is 10.2. The lowest BCUT2D eigenvalue weighted by Gasteiger charge is -2.28. The second-order valence-corrected chi connectivity index (χ2v) is 9.71. The molecule has 0 spiro atoms. The van der Waals surface area contributed by atoms with Crippen molar-refractivity contribution in [3.63, 3.8) is 0 Å². The second-order valence-electron chi connectivity index (χ2n) is 7.76. The van der Waals surface area contributed by atoms with Gasteiger partial charge in [-0.3, -0.25) is 15.1 Å². The van der Waals surface area contributed by atoms with Crippen LogP contribution >= 0.6 is 0 Å². The number of hydroxylamine groups is 1. The first kappa shape index (κ1) is 23.7. The molecule has 1 aliphatic heterocycles. The number of morpholine rings is 1. The topological polar surface area (TPSA) is 174 Å². The number of carbonyl (C=O) groups excluding carboxylic acids is 1. The number of anilines is 4. The molecule has 0 saturated carbocycles. The number of nitrogens with zero attached hydrogens (tertiary/aromatic N) is 4. The average Bonchev–Trinajstić information content (AvgIpc) is 3.27. The molecular weight excluding hydrogens is 464 g/mol. The van der Waals surface area contributed by atoms with Crippen molar-refractivity contribution in [1.82, 2.24) is 25.6 Å². The minimum atomic E-state index is -3.61. The SMILES string of the molecule is CS(=O)(=O)c1[nH]nc2nc(Nc3ccc(N4CCOCC4)cc3)nc(NCCCC(=O)NO)c12. The molecule has 1 aromatic carbocycles. The molecule has 1 amide bonds. The fourth-order valence-corrected chi connectivity index (χ4v) is 4.34. The Kier molecular flexibility index (Phi) is 7.09. The molecule has 2 aromatic heterocycles. The van der Waals surface area contributed by atoms with E-state index in [1.165, 1.54) is 0 Å². The van der Waals surface area contributed by atoms with E-state index in [4.69, 9.17) is 9.94 Å². The summed E-state index contributed by atoms with van der Waals surface area (Å²) in [6.07, 6.45) is 1.54. The molecule has 1 aliphatic rings. The summed E-state index contributed by atoms with van der Waals surface area (Å²) in [7, 11) is -3.61. The predicted molar refractivity (Wildman–Crippen MR) is 125 cm³/mol. The Morgan fingerprint density at radius 3 is 2.62 bits per heavy atom. The molecule has 1 saturated heterocycles. The van der Waals surface area contributed by atoms with Crippen LogP contribution in [-0.2, 0) is 19.4 Å². The van der Waals surface area contributed by atoms with Crippen molar-refractivity contribution in [3.8, 4) is 0 Å². The Labute approximate surface area is 195 Å². The van der Waals surface area contributed by atoms with Gasteiger partial charge in [0.15, 0.2) is 20.5 Å². The minimum Gasteiger partial charge on any atom is -0.378 e. The van der Waals surface area contributed by atoms with Crippen molar-refractivity contribution < 1.29 is 23.2 Å². The molecule has 0 bridgehead atoms. The molecule has 4 rings (SSSR count). The number of sulfone groups is 1. The molecular formula is C20H26N8O5S.